The van der Waals surface area contributed by atoms with Gasteiger partial charge in [0.1, 0.15) is 0 Å². The van der Waals surface area contributed by atoms with Crippen molar-refractivity contribution in [2.75, 3.05) is 4.43 Å². The summed E-state index contributed by atoms with van der Waals surface area (Å²) in [5.41, 5.74) is 21.6. The molecule has 0 heterocycles. The Balaban J connectivity index is 1.45. The molecule has 0 fully saturated rings. The van der Waals surface area contributed by atoms with Crippen molar-refractivity contribution in [2.45, 2.75) is 86.0 Å². The predicted octanol–water partition coefficient (Wildman–Crippen LogP) is 12.5. The summed E-state index contributed by atoms with van der Waals surface area (Å²) in [6.45, 7) is 26.0. The smallest absolute Gasteiger partial charge is 0.0153 e. The van der Waals surface area contributed by atoms with Crippen molar-refractivity contribution in [3.63, 3.8) is 0 Å². The molecular formula is C44H49I. The molecule has 0 N–H and O–H groups in total. The van der Waals surface area contributed by atoms with Gasteiger partial charge in [-0.3, -0.25) is 0 Å². The van der Waals surface area contributed by atoms with E-state index >= 15 is 0 Å². The van der Waals surface area contributed by atoms with Gasteiger partial charge in [-0.05, 0) is 124 Å². The Hall–Kier alpha value is -2.91. The van der Waals surface area contributed by atoms with Gasteiger partial charge in [-0.2, -0.15) is 0 Å². The second-order valence-electron chi connectivity index (χ2n) is 14.8. The molecule has 0 aliphatic heterocycles. The van der Waals surface area contributed by atoms with Gasteiger partial charge in [0.25, 0.3) is 0 Å². The standard InChI is InChI=1S/C44H49I/c1-10-34-29(5)42(30(6)39-23-37-26(2)14-13-17-36(37)41(25-45)43(34)39)40(24-44(7,8)9)27(3)31-18-20-32(21-19-31)38-22-33-15-11-12-16-35(33)28(38)4/h11-21,38-39,41H,4-5,10,22-25H2,1-3,6-9H3/b40-27+. The first-order valence-electron chi connectivity index (χ1n) is 16.8. The molecule has 1 heteroatoms. The molecule has 3 aromatic carbocycles. The number of allylic oxidation sites excluding steroid dienone is 8. The first-order valence-corrected chi connectivity index (χ1v) is 18.3. The number of hydrogen-bond donors (Lipinski definition) is 0. The van der Waals surface area contributed by atoms with Gasteiger partial charge in [0.2, 0.25) is 0 Å². The summed E-state index contributed by atoms with van der Waals surface area (Å²) in [5, 5.41) is 0. The molecule has 232 valence electrons. The fraction of sp³-hybridized carbons (Fsp3) is 0.364. The summed E-state index contributed by atoms with van der Waals surface area (Å²) in [7, 11) is 0. The second-order valence-corrected chi connectivity index (χ2v) is 15.7. The third kappa shape index (κ3) is 5.69. The second kappa shape index (κ2) is 12.4. The van der Waals surface area contributed by atoms with Crippen molar-refractivity contribution in [1.82, 2.24) is 0 Å². The summed E-state index contributed by atoms with van der Waals surface area (Å²) in [5.74, 6) is 1.26. The lowest BCUT2D eigenvalue weighted by atomic mass is 9.62. The van der Waals surface area contributed by atoms with Crippen LogP contribution in [0.1, 0.15) is 105 Å². The van der Waals surface area contributed by atoms with Gasteiger partial charge in [0.05, 0.1) is 0 Å². The van der Waals surface area contributed by atoms with Crippen LogP contribution >= 0.6 is 22.6 Å². The number of halogens is 1. The predicted molar refractivity (Wildman–Crippen MR) is 204 cm³/mol. The van der Waals surface area contributed by atoms with E-state index in [-0.39, 0.29) is 5.41 Å². The molecule has 3 unspecified atom stereocenters. The summed E-state index contributed by atoms with van der Waals surface area (Å²) in [6, 6.07) is 25.1. The van der Waals surface area contributed by atoms with Crippen molar-refractivity contribution in [3.8, 4) is 0 Å². The topological polar surface area (TPSA) is 0 Å². The molecular weight excluding hydrogens is 655 g/mol. The maximum atomic E-state index is 4.89. The van der Waals surface area contributed by atoms with E-state index in [0.717, 1.165) is 30.1 Å². The van der Waals surface area contributed by atoms with Crippen LogP contribution in [0, 0.1) is 18.3 Å². The van der Waals surface area contributed by atoms with Crippen molar-refractivity contribution < 1.29 is 0 Å². The third-order valence-electron chi connectivity index (χ3n) is 10.8. The summed E-state index contributed by atoms with van der Waals surface area (Å²) < 4.78 is 1.11. The average molecular weight is 705 g/mol. The van der Waals surface area contributed by atoms with Crippen LogP contribution in [0.3, 0.4) is 0 Å². The first-order chi connectivity index (χ1) is 21.4. The van der Waals surface area contributed by atoms with Crippen LogP contribution in [0.5, 0.6) is 0 Å². The Labute approximate surface area is 286 Å². The molecule has 0 nitrogen and oxygen atoms in total. The maximum absolute atomic E-state index is 4.89. The Bertz CT molecular complexity index is 1780. The van der Waals surface area contributed by atoms with Crippen molar-refractivity contribution in [2.24, 2.45) is 11.3 Å². The van der Waals surface area contributed by atoms with Gasteiger partial charge in [-0.1, -0.05) is 141 Å². The lowest BCUT2D eigenvalue weighted by Crippen LogP contribution is -2.30. The van der Waals surface area contributed by atoms with Crippen LogP contribution in [0.15, 0.2) is 113 Å². The van der Waals surface area contributed by atoms with E-state index in [2.05, 4.69) is 144 Å². The van der Waals surface area contributed by atoms with E-state index in [1.54, 1.807) is 16.7 Å². The molecule has 3 aromatic rings. The van der Waals surface area contributed by atoms with Crippen LogP contribution in [0.4, 0.5) is 0 Å². The van der Waals surface area contributed by atoms with Crippen molar-refractivity contribution >= 4 is 33.7 Å². The molecule has 0 aromatic heterocycles. The van der Waals surface area contributed by atoms with Gasteiger partial charge < -0.3 is 0 Å². The largest absolute Gasteiger partial charge is 0.0946 e. The number of fused-ring (bicyclic) bond motifs is 3. The van der Waals surface area contributed by atoms with Crippen LogP contribution < -0.4 is 0 Å². The highest BCUT2D eigenvalue weighted by Gasteiger charge is 2.40. The zero-order valence-corrected chi connectivity index (χ0v) is 30.6. The van der Waals surface area contributed by atoms with Crippen LogP contribution in [-0.2, 0) is 12.8 Å². The minimum absolute atomic E-state index is 0.147. The van der Waals surface area contributed by atoms with Crippen molar-refractivity contribution in [3.05, 3.63) is 152 Å². The molecule has 0 radical (unpaired) electrons. The first kappa shape index (κ1) is 32.0. The highest BCUT2D eigenvalue weighted by atomic mass is 127. The van der Waals surface area contributed by atoms with Crippen molar-refractivity contribution in [1.29, 1.82) is 0 Å². The molecule has 0 saturated carbocycles. The third-order valence-corrected chi connectivity index (χ3v) is 11.7. The molecule has 0 amide bonds. The average Bonchev–Trinajstić information content (AvgIpc) is 3.35. The quantitative estimate of drug-likeness (QED) is 0.177. The Morgan fingerprint density at radius 1 is 0.889 bits per heavy atom. The summed E-state index contributed by atoms with van der Waals surface area (Å²) in [6.07, 6.45) is 4.19. The molecule has 3 aliphatic rings. The summed E-state index contributed by atoms with van der Waals surface area (Å²) >= 11 is 2.62. The molecule has 0 spiro atoms. The zero-order chi connectivity index (χ0) is 32.2. The minimum Gasteiger partial charge on any atom is -0.0946 e. The van der Waals surface area contributed by atoms with Gasteiger partial charge in [-0.15, -0.1) is 0 Å². The number of hydrogen-bond acceptors (Lipinski definition) is 0. The van der Waals surface area contributed by atoms with E-state index in [4.69, 9.17) is 6.58 Å². The van der Waals surface area contributed by atoms with E-state index in [9.17, 15) is 0 Å². The molecule has 6 rings (SSSR count). The Morgan fingerprint density at radius 3 is 2.24 bits per heavy atom. The van der Waals surface area contributed by atoms with Gasteiger partial charge in [0, 0.05) is 22.2 Å². The zero-order valence-electron chi connectivity index (χ0n) is 28.4. The van der Waals surface area contributed by atoms with Crippen LogP contribution in [-0.4, -0.2) is 4.43 Å². The monoisotopic (exact) mass is 704 g/mol. The number of aryl methyl sites for hydroxylation is 1. The molecule has 0 saturated heterocycles. The number of rotatable bonds is 6. The Morgan fingerprint density at radius 2 is 1.60 bits per heavy atom. The van der Waals surface area contributed by atoms with E-state index in [1.807, 2.05) is 0 Å². The SMILES string of the molecule is C=C1C(CC)=C2C(Cc3c(C)cccc3C2CI)C(C)=C1/C(CC(C)(C)C)=C(\C)c1ccc(C2Cc3ccccc3C2=C)cc1. The van der Waals surface area contributed by atoms with Gasteiger partial charge in [0.15, 0.2) is 0 Å². The Kier molecular flexibility index (Phi) is 8.80. The number of alkyl halides is 1. The van der Waals surface area contributed by atoms with Gasteiger partial charge in [-0.25, -0.2) is 0 Å². The van der Waals surface area contributed by atoms with Crippen LogP contribution in [0.25, 0.3) is 11.1 Å². The lowest BCUT2D eigenvalue weighted by Gasteiger charge is -2.43. The van der Waals surface area contributed by atoms with Crippen LogP contribution in [0.2, 0.25) is 0 Å². The normalized spacial score (nSPS) is 21.9. The van der Waals surface area contributed by atoms with E-state index in [1.165, 1.54) is 66.8 Å². The maximum Gasteiger partial charge on any atom is 0.0153 e. The fourth-order valence-corrected chi connectivity index (χ4v) is 9.49. The van der Waals surface area contributed by atoms with E-state index < -0.39 is 0 Å². The highest BCUT2D eigenvalue weighted by molar-refractivity contribution is 14.1. The minimum atomic E-state index is 0.147. The fourth-order valence-electron chi connectivity index (χ4n) is 8.54. The molecule has 45 heavy (non-hydrogen) atoms. The van der Waals surface area contributed by atoms with Gasteiger partial charge >= 0.3 is 0 Å². The van der Waals surface area contributed by atoms with E-state index in [0.29, 0.717) is 17.8 Å². The summed E-state index contributed by atoms with van der Waals surface area (Å²) in [4.78, 5) is 0. The highest BCUT2D eigenvalue weighted by Crippen LogP contribution is 2.54. The molecule has 0 bridgehead atoms. The number of benzene rings is 3. The molecule has 3 aliphatic carbocycles. The lowest BCUT2D eigenvalue weighted by molar-refractivity contribution is 0.411. The molecule has 3 atom stereocenters.